The Bertz CT molecular complexity index is 364. The predicted molar refractivity (Wildman–Crippen MR) is 249 cm³/mol. The minimum atomic E-state index is 0.852. The topological polar surface area (TPSA) is 0 Å². The van der Waals surface area contributed by atoms with Gasteiger partial charge in [0.1, 0.15) is 0 Å². The van der Waals surface area contributed by atoms with Crippen molar-refractivity contribution < 1.29 is 0 Å². The Labute approximate surface area is 329 Å². The van der Waals surface area contributed by atoms with Gasteiger partial charge < -0.3 is 0 Å². The molecular weight excluding hydrogens is 601 g/mol. The summed E-state index contributed by atoms with van der Waals surface area (Å²) < 4.78 is 0. The molecule has 0 aliphatic carbocycles. The lowest BCUT2D eigenvalue weighted by atomic mass is 10.0. The first-order valence-corrected chi connectivity index (χ1v) is 22.4. The third-order valence-electron chi connectivity index (χ3n) is 9.47. The van der Waals surface area contributed by atoms with Crippen molar-refractivity contribution in [2.45, 2.75) is 253 Å². The normalized spacial score (nSPS) is 10.3. The van der Waals surface area contributed by atoms with Crippen LogP contribution in [0.1, 0.15) is 253 Å². The van der Waals surface area contributed by atoms with Crippen LogP contribution in [0.2, 0.25) is 0 Å². The summed E-state index contributed by atoms with van der Waals surface area (Å²) in [4.78, 5) is 0. The van der Waals surface area contributed by atoms with Crippen molar-refractivity contribution in [3.8, 4) is 0 Å². The smallest absolute Gasteiger partial charge is 0.0448 e. The molecule has 0 spiro atoms. The van der Waals surface area contributed by atoms with Crippen LogP contribution in [0.5, 0.6) is 0 Å². The summed E-state index contributed by atoms with van der Waals surface area (Å²) in [6.45, 7) is 69.2. The van der Waals surface area contributed by atoms with Crippen LogP contribution in [-0.2, 0) is 0 Å². The van der Waals surface area contributed by atoms with Gasteiger partial charge in [-0.3, -0.25) is 0 Å². The van der Waals surface area contributed by atoms with E-state index in [1.165, 1.54) is 38.5 Å². The summed E-state index contributed by atoms with van der Waals surface area (Å²) in [6.07, 6.45) is 7.93. The second kappa shape index (κ2) is 55.8. The van der Waals surface area contributed by atoms with E-state index in [2.05, 4.69) is 215 Å². The van der Waals surface area contributed by atoms with Gasteiger partial charge >= 0.3 is 0 Å². The lowest BCUT2D eigenvalue weighted by Gasteiger charge is -2.05. The van der Waals surface area contributed by atoms with Crippen molar-refractivity contribution in [2.75, 3.05) is 0 Å². The number of hydrogen-bond donors (Lipinski definition) is 0. The van der Waals surface area contributed by atoms with Crippen LogP contribution in [0.3, 0.4) is 0 Å². The molecule has 0 aromatic carbocycles. The number of rotatable bonds is 10. The highest BCUT2D eigenvalue weighted by Gasteiger charge is 1.97. The fraction of sp³-hybridized carbons (Fsp3) is 1.00. The maximum absolute atomic E-state index is 2.25. The van der Waals surface area contributed by atoms with Gasteiger partial charge in [0.2, 0.25) is 0 Å². The largest absolute Gasteiger partial charge is 0.0654 e. The molecule has 0 aromatic heterocycles. The Morgan fingerprint density at radius 2 is 0.300 bits per heavy atom. The molecule has 0 aliphatic rings. The second-order valence-corrected chi connectivity index (χ2v) is 19.3. The average molecular weight is 719 g/mol. The molecule has 0 saturated carbocycles. The summed E-state index contributed by atoms with van der Waals surface area (Å²) in [5.41, 5.74) is 0. The van der Waals surface area contributed by atoms with Crippen LogP contribution in [0.25, 0.3) is 0 Å². The Balaban J connectivity index is -0.0000000541. The summed E-state index contributed by atoms with van der Waals surface area (Å²) >= 11 is 0. The molecule has 0 heteroatoms. The van der Waals surface area contributed by atoms with E-state index in [-0.39, 0.29) is 0 Å². The van der Waals surface area contributed by atoms with Gasteiger partial charge in [0.25, 0.3) is 0 Å². The first-order valence-electron chi connectivity index (χ1n) is 22.4. The summed E-state index contributed by atoms with van der Waals surface area (Å²) in [5, 5.41) is 0. The Hall–Kier alpha value is 0. The van der Waals surface area contributed by atoms with E-state index in [1.807, 2.05) is 0 Å². The van der Waals surface area contributed by atoms with Gasteiger partial charge in [-0.15, -0.1) is 0 Å². The fourth-order valence-electron chi connectivity index (χ4n) is 0.577. The maximum atomic E-state index is 2.25. The third-order valence-corrected chi connectivity index (χ3v) is 9.47. The first kappa shape index (κ1) is 71.4. The van der Waals surface area contributed by atoms with Gasteiger partial charge in [0.05, 0.1) is 0 Å². The highest BCUT2D eigenvalue weighted by molar-refractivity contribution is 4.48. The average Bonchev–Trinajstić information content (AvgIpc) is 2.99. The third kappa shape index (κ3) is 145. The Morgan fingerprint density at radius 3 is 0.300 bits per heavy atom. The minimum Gasteiger partial charge on any atom is -0.0654 e. The quantitative estimate of drug-likeness (QED) is 0.211. The second-order valence-electron chi connectivity index (χ2n) is 19.3. The highest BCUT2D eigenvalue weighted by Crippen LogP contribution is 2.07. The lowest BCUT2D eigenvalue weighted by molar-refractivity contribution is 0.457. The van der Waals surface area contributed by atoms with E-state index in [1.54, 1.807) is 0 Å². The van der Waals surface area contributed by atoms with Crippen LogP contribution in [-0.4, -0.2) is 0 Å². The SMILES string of the molecule is CC(C)C(C)C.CC(C)C(C)C.CC(C)C(C)C.CC(C)C(C)C.CCC(C)C.CCC(C)C.CCC(C)C.CCC(C)C.CCCC(C)C. The van der Waals surface area contributed by atoms with E-state index in [4.69, 9.17) is 0 Å². The molecule has 318 valence electrons. The molecule has 0 nitrogen and oxygen atoms in total. The molecule has 0 aliphatic heterocycles. The van der Waals surface area contributed by atoms with Gasteiger partial charge in [0.15, 0.2) is 0 Å². The van der Waals surface area contributed by atoms with Crippen LogP contribution in [0.15, 0.2) is 0 Å². The lowest BCUT2D eigenvalue weighted by Crippen LogP contribution is -1.95. The van der Waals surface area contributed by atoms with E-state index in [0.717, 1.165) is 76.9 Å². The van der Waals surface area contributed by atoms with Gasteiger partial charge in [0, 0.05) is 0 Å². The molecule has 0 aromatic rings. The van der Waals surface area contributed by atoms with Crippen molar-refractivity contribution in [3.63, 3.8) is 0 Å². The zero-order valence-corrected chi connectivity index (χ0v) is 42.7. The molecule has 50 heavy (non-hydrogen) atoms. The standard InChI is InChI=1S/5C6H14.4C5H12/c4*1-5(2)6(3)4;1-4-5-6(2)3;4*1-4-5(2)3/h4*5-6H,1-4H3;6H,4-5H2,1-3H3;4*5H,4H2,1-3H3. The number of hydrogen-bond acceptors (Lipinski definition) is 0. The monoisotopic (exact) mass is 719 g/mol. The summed E-state index contributed by atoms with van der Waals surface area (Å²) in [5.74, 6) is 11.2. The van der Waals surface area contributed by atoms with Crippen LogP contribution < -0.4 is 0 Å². The molecular formula is C50H118. The van der Waals surface area contributed by atoms with Crippen molar-refractivity contribution >= 4 is 0 Å². The van der Waals surface area contributed by atoms with Crippen molar-refractivity contribution in [1.29, 1.82) is 0 Å². The molecule has 0 fully saturated rings. The van der Waals surface area contributed by atoms with E-state index >= 15 is 0 Å². The molecule has 0 rings (SSSR count). The molecule has 0 saturated heterocycles. The zero-order valence-electron chi connectivity index (χ0n) is 42.7. The molecule has 0 atom stereocenters. The Morgan fingerprint density at radius 1 is 0.200 bits per heavy atom. The zero-order chi connectivity index (χ0) is 42.7. The molecule has 0 unspecified atom stereocenters. The van der Waals surface area contributed by atoms with Crippen LogP contribution in [0.4, 0.5) is 0 Å². The predicted octanol–water partition coefficient (Wildman–Crippen LogP) is 19.8. The highest BCUT2D eigenvalue weighted by atomic mass is 14.0. The van der Waals surface area contributed by atoms with Gasteiger partial charge in [-0.05, 0) is 76.9 Å². The van der Waals surface area contributed by atoms with E-state index in [9.17, 15) is 0 Å². The minimum absolute atomic E-state index is 0.852. The molecule has 0 amide bonds. The summed E-state index contributed by atoms with van der Waals surface area (Å²) in [6, 6.07) is 0. The fourth-order valence-corrected chi connectivity index (χ4v) is 0.577. The molecule has 0 bridgehead atoms. The molecule has 0 N–H and O–H groups in total. The van der Waals surface area contributed by atoms with Crippen molar-refractivity contribution in [2.24, 2.45) is 76.9 Å². The van der Waals surface area contributed by atoms with Gasteiger partial charge in [-0.2, -0.15) is 0 Å². The molecule has 0 heterocycles. The van der Waals surface area contributed by atoms with Crippen LogP contribution in [0, 0.1) is 76.9 Å². The molecule has 0 radical (unpaired) electrons. The summed E-state index contributed by atoms with van der Waals surface area (Å²) in [7, 11) is 0. The van der Waals surface area contributed by atoms with Crippen LogP contribution >= 0.6 is 0 Å². The Kier molecular flexibility index (Phi) is 79.6. The van der Waals surface area contributed by atoms with E-state index in [0.29, 0.717) is 0 Å². The van der Waals surface area contributed by atoms with Gasteiger partial charge in [-0.1, -0.05) is 253 Å². The van der Waals surface area contributed by atoms with Gasteiger partial charge in [-0.25, -0.2) is 0 Å². The van der Waals surface area contributed by atoms with Crippen molar-refractivity contribution in [1.82, 2.24) is 0 Å². The van der Waals surface area contributed by atoms with Crippen molar-refractivity contribution in [3.05, 3.63) is 0 Å². The first-order chi connectivity index (χ1) is 22.4. The van der Waals surface area contributed by atoms with E-state index < -0.39 is 0 Å². The maximum Gasteiger partial charge on any atom is -0.0448 e.